The summed E-state index contributed by atoms with van der Waals surface area (Å²) in [7, 11) is -3.77. The molecule has 2 aromatic rings. The maximum absolute atomic E-state index is 13.7. The van der Waals surface area contributed by atoms with Crippen molar-refractivity contribution in [1.82, 2.24) is 10.2 Å². The summed E-state index contributed by atoms with van der Waals surface area (Å²) in [5.74, 6) is -0.701. The first-order valence-electron chi connectivity index (χ1n) is 12.2. The van der Waals surface area contributed by atoms with Crippen molar-refractivity contribution in [2.24, 2.45) is 0 Å². The number of amides is 2. The molecular weight excluding hydrogens is 566 g/mol. The molecule has 196 valence electrons. The zero-order valence-corrected chi connectivity index (χ0v) is 23.8. The van der Waals surface area contributed by atoms with Gasteiger partial charge in [0.25, 0.3) is 0 Å². The van der Waals surface area contributed by atoms with Gasteiger partial charge in [0.2, 0.25) is 21.8 Å². The van der Waals surface area contributed by atoms with E-state index >= 15 is 0 Å². The molecule has 0 heterocycles. The number of sulfonamides is 1. The molecule has 0 radical (unpaired) electrons. The Kier molecular flexibility index (Phi) is 10.2. The minimum absolute atomic E-state index is 0.0903. The Labute approximate surface area is 227 Å². The van der Waals surface area contributed by atoms with Gasteiger partial charge in [-0.25, -0.2) is 8.42 Å². The van der Waals surface area contributed by atoms with E-state index in [2.05, 4.69) is 21.2 Å². The molecule has 0 aliphatic heterocycles. The summed E-state index contributed by atoms with van der Waals surface area (Å²) in [5, 5.41) is 3.60. The highest BCUT2D eigenvalue weighted by molar-refractivity contribution is 9.10. The summed E-state index contributed by atoms with van der Waals surface area (Å²) in [4.78, 5) is 28.6. The zero-order chi connectivity index (χ0) is 26.3. The minimum Gasteiger partial charge on any atom is -0.352 e. The van der Waals surface area contributed by atoms with Gasteiger partial charge < -0.3 is 10.2 Å². The van der Waals surface area contributed by atoms with E-state index in [4.69, 9.17) is 11.6 Å². The molecule has 1 aliphatic rings. The van der Waals surface area contributed by atoms with Crippen LogP contribution < -0.4 is 9.62 Å². The molecule has 3 rings (SSSR count). The van der Waals surface area contributed by atoms with Crippen molar-refractivity contribution in [1.29, 1.82) is 0 Å². The molecule has 0 spiro atoms. The lowest BCUT2D eigenvalue weighted by Crippen LogP contribution is -2.54. The first-order valence-corrected chi connectivity index (χ1v) is 15.2. The topological polar surface area (TPSA) is 86.8 Å². The summed E-state index contributed by atoms with van der Waals surface area (Å²) in [6.45, 7) is 1.51. The van der Waals surface area contributed by atoms with Crippen LogP contribution in [0.1, 0.15) is 51.0 Å². The summed E-state index contributed by atoms with van der Waals surface area (Å²) < 4.78 is 27.2. The number of hydrogen-bond donors (Lipinski definition) is 1. The summed E-state index contributed by atoms with van der Waals surface area (Å²) >= 11 is 9.74. The molecule has 1 fully saturated rings. The molecule has 1 atom stereocenters. The fourth-order valence-electron chi connectivity index (χ4n) is 4.50. The molecule has 1 saturated carbocycles. The van der Waals surface area contributed by atoms with Crippen LogP contribution in [0.25, 0.3) is 0 Å². The van der Waals surface area contributed by atoms with Gasteiger partial charge >= 0.3 is 0 Å². The van der Waals surface area contributed by atoms with Crippen LogP contribution in [-0.4, -0.2) is 50.0 Å². The number of halogens is 2. The number of nitrogens with one attached hydrogen (secondary N) is 1. The molecular formula is C26H33BrClN3O4S. The van der Waals surface area contributed by atoms with Crippen molar-refractivity contribution >= 4 is 55.1 Å². The van der Waals surface area contributed by atoms with Crippen molar-refractivity contribution in [3.8, 4) is 0 Å². The van der Waals surface area contributed by atoms with Gasteiger partial charge in [-0.05, 0) is 55.2 Å². The number of carbonyl (C=O) groups excluding carboxylic acids is 2. The second kappa shape index (κ2) is 12.9. The van der Waals surface area contributed by atoms with E-state index in [0.29, 0.717) is 22.7 Å². The van der Waals surface area contributed by atoms with Crippen LogP contribution in [0.5, 0.6) is 0 Å². The highest BCUT2D eigenvalue weighted by Gasteiger charge is 2.33. The monoisotopic (exact) mass is 597 g/mol. The highest BCUT2D eigenvalue weighted by Crippen LogP contribution is 2.24. The third-order valence-corrected chi connectivity index (χ3v) is 8.47. The molecule has 10 heteroatoms. The Hall–Kier alpha value is -2.10. The van der Waals surface area contributed by atoms with Gasteiger partial charge in [0.1, 0.15) is 12.6 Å². The third kappa shape index (κ3) is 7.70. The van der Waals surface area contributed by atoms with Crippen LogP contribution in [0.15, 0.2) is 53.0 Å². The van der Waals surface area contributed by atoms with Gasteiger partial charge in [-0.2, -0.15) is 0 Å². The van der Waals surface area contributed by atoms with E-state index < -0.39 is 28.5 Å². The molecule has 7 nitrogen and oxygen atoms in total. The molecule has 0 unspecified atom stereocenters. The van der Waals surface area contributed by atoms with E-state index in [1.54, 1.807) is 42.5 Å². The molecule has 1 N–H and O–H groups in total. The average molecular weight is 599 g/mol. The Balaban J connectivity index is 1.91. The molecule has 36 heavy (non-hydrogen) atoms. The lowest BCUT2D eigenvalue weighted by molar-refractivity contribution is -0.140. The van der Waals surface area contributed by atoms with E-state index in [-0.39, 0.29) is 18.5 Å². The van der Waals surface area contributed by atoms with Crippen LogP contribution in [0.4, 0.5) is 5.69 Å². The quantitative estimate of drug-likeness (QED) is 0.411. The number of anilines is 1. The standard InChI is InChI=1S/C26H33BrClN3O4S/c1-3-24(26(33)29-21-10-5-4-6-11-21)30(17-19-9-7-8-12-23(19)28)25(32)18-31(36(2,34)35)22-15-13-20(27)14-16-22/h7-9,12-16,21,24H,3-6,10-11,17-18H2,1-2H3,(H,29,33)/t24-/m1/s1. The van der Waals surface area contributed by atoms with Gasteiger partial charge in [0.15, 0.2) is 0 Å². The van der Waals surface area contributed by atoms with Crippen LogP contribution in [-0.2, 0) is 26.2 Å². The third-order valence-electron chi connectivity index (χ3n) is 6.43. The van der Waals surface area contributed by atoms with Crippen LogP contribution in [0.2, 0.25) is 5.02 Å². The van der Waals surface area contributed by atoms with E-state index in [1.165, 1.54) is 4.90 Å². The summed E-state index contributed by atoms with van der Waals surface area (Å²) in [6.07, 6.45) is 6.59. The van der Waals surface area contributed by atoms with Gasteiger partial charge in [-0.15, -0.1) is 0 Å². The van der Waals surface area contributed by atoms with Crippen molar-refractivity contribution < 1.29 is 18.0 Å². The molecule has 2 amide bonds. The second-order valence-electron chi connectivity index (χ2n) is 9.13. The van der Waals surface area contributed by atoms with E-state index in [9.17, 15) is 18.0 Å². The van der Waals surface area contributed by atoms with Crippen LogP contribution >= 0.6 is 27.5 Å². The number of hydrogen-bond acceptors (Lipinski definition) is 4. The Morgan fingerprint density at radius 2 is 1.72 bits per heavy atom. The molecule has 1 aliphatic carbocycles. The fraction of sp³-hybridized carbons (Fsp3) is 0.462. The summed E-state index contributed by atoms with van der Waals surface area (Å²) in [6, 6.07) is 13.2. The fourth-order valence-corrected chi connectivity index (χ4v) is 5.80. The van der Waals surface area contributed by atoms with Gasteiger partial charge in [0, 0.05) is 22.1 Å². The van der Waals surface area contributed by atoms with Crippen molar-refractivity contribution in [3.63, 3.8) is 0 Å². The SMILES string of the molecule is CC[C@H](C(=O)NC1CCCCC1)N(Cc1ccccc1Cl)C(=O)CN(c1ccc(Br)cc1)S(C)(=O)=O. The van der Waals surface area contributed by atoms with E-state index in [1.807, 2.05) is 13.0 Å². The Bertz CT molecular complexity index is 1150. The number of carbonyl (C=O) groups is 2. The van der Waals surface area contributed by atoms with Crippen molar-refractivity contribution in [3.05, 3.63) is 63.6 Å². The zero-order valence-electron chi connectivity index (χ0n) is 20.6. The van der Waals surface area contributed by atoms with Crippen molar-refractivity contribution in [2.45, 2.75) is 64.1 Å². The normalized spacial score (nSPS) is 15.2. The first-order chi connectivity index (χ1) is 17.1. The van der Waals surface area contributed by atoms with E-state index in [0.717, 1.165) is 47.1 Å². The second-order valence-corrected chi connectivity index (χ2v) is 12.4. The van der Waals surface area contributed by atoms with Gasteiger partial charge in [-0.1, -0.05) is 71.9 Å². The van der Waals surface area contributed by atoms with Crippen molar-refractivity contribution in [2.75, 3.05) is 17.1 Å². The smallest absolute Gasteiger partial charge is 0.244 e. The predicted octanol–water partition coefficient (Wildman–Crippen LogP) is 5.12. The Morgan fingerprint density at radius 1 is 1.08 bits per heavy atom. The average Bonchev–Trinajstić information content (AvgIpc) is 2.84. The largest absolute Gasteiger partial charge is 0.352 e. The minimum atomic E-state index is -3.77. The van der Waals surface area contributed by atoms with Crippen LogP contribution in [0, 0.1) is 0 Å². The van der Waals surface area contributed by atoms with Crippen LogP contribution in [0.3, 0.4) is 0 Å². The highest BCUT2D eigenvalue weighted by atomic mass is 79.9. The van der Waals surface area contributed by atoms with Gasteiger partial charge in [-0.3, -0.25) is 13.9 Å². The maximum atomic E-state index is 13.7. The molecule has 2 aromatic carbocycles. The Morgan fingerprint density at radius 3 is 2.31 bits per heavy atom. The predicted molar refractivity (Wildman–Crippen MR) is 147 cm³/mol. The lowest BCUT2D eigenvalue weighted by Gasteiger charge is -2.34. The number of benzene rings is 2. The summed E-state index contributed by atoms with van der Waals surface area (Å²) in [5.41, 5.74) is 1.05. The number of nitrogens with zero attached hydrogens (tertiary/aromatic N) is 2. The lowest BCUT2D eigenvalue weighted by atomic mass is 9.95. The molecule has 0 saturated heterocycles. The first kappa shape index (κ1) is 28.5. The molecule has 0 aromatic heterocycles. The van der Waals surface area contributed by atoms with Gasteiger partial charge in [0.05, 0.1) is 11.9 Å². The maximum Gasteiger partial charge on any atom is 0.244 e. The molecule has 0 bridgehead atoms. The number of rotatable bonds is 10.